The Morgan fingerprint density at radius 3 is 2.41 bits per heavy atom. The number of benzene rings is 1. The van der Waals surface area contributed by atoms with E-state index in [1.54, 1.807) is 12.1 Å². The summed E-state index contributed by atoms with van der Waals surface area (Å²) in [5, 5.41) is 2.99. The van der Waals surface area contributed by atoms with Gasteiger partial charge in [0.15, 0.2) is 0 Å². The van der Waals surface area contributed by atoms with Crippen LogP contribution < -0.4 is 10.9 Å². The van der Waals surface area contributed by atoms with Crippen LogP contribution in [-0.4, -0.2) is 16.9 Å². The molecule has 0 aliphatic heterocycles. The Labute approximate surface area is 129 Å². The van der Waals surface area contributed by atoms with Gasteiger partial charge in [0.05, 0.1) is 0 Å². The molecule has 1 heterocycles. The predicted octanol–water partition coefficient (Wildman–Crippen LogP) is 2.83. The minimum absolute atomic E-state index is 0.159. The first-order valence-electron chi connectivity index (χ1n) is 7.77. The molecule has 1 aliphatic rings. The van der Waals surface area contributed by atoms with Gasteiger partial charge < -0.3 is 10.3 Å². The van der Waals surface area contributed by atoms with E-state index in [4.69, 9.17) is 0 Å². The Bertz CT molecular complexity index is 685. The summed E-state index contributed by atoms with van der Waals surface area (Å²) < 4.78 is 0. The number of hydrogen-bond acceptors (Lipinski definition) is 2. The van der Waals surface area contributed by atoms with Crippen molar-refractivity contribution in [2.24, 2.45) is 0 Å². The molecule has 2 aromatic rings. The molecule has 2 N–H and O–H groups in total. The first kappa shape index (κ1) is 14.6. The number of aromatic amines is 1. The average molecular weight is 296 g/mol. The van der Waals surface area contributed by atoms with Crippen molar-refractivity contribution in [1.29, 1.82) is 0 Å². The van der Waals surface area contributed by atoms with Gasteiger partial charge in [-0.2, -0.15) is 0 Å². The largest absolute Gasteiger partial charge is 0.349 e. The van der Waals surface area contributed by atoms with E-state index in [0.29, 0.717) is 5.92 Å². The predicted molar refractivity (Wildman–Crippen MR) is 86.0 cm³/mol. The summed E-state index contributed by atoms with van der Waals surface area (Å²) in [6, 6.07) is 13.9. The van der Waals surface area contributed by atoms with Crippen LogP contribution in [0, 0.1) is 0 Å². The quantitative estimate of drug-likeness (QED) is 0.915. The molecule has 4 heteroatoms. The lowest BCUT2D eigenvalue weighted by molar-refractivity contribution is 0.0924. The molecule has 0 atom stereocenters. The molecule has 1 aromatic carbocycles. The van der Waals surface area contributed by atoms with Crippen molar-refractivity contribution in [3.05, 3.63) is 70.1 Å². The van der Waals surface area contributed by atoms with Gasteiger partial charge in [-0.05, 0) is 49.3 Å². The molecule has 0 saturated heterocycles. The minimum Gasteiger partial charge on any atom is -0.349 e. The summed E-state index contributed by atoms with van der Waals surface area (Å²) in [6.45, 7) is 0. The van der Waals surface area contributed by atoms with Gasteiger partial charge in [-0.1, -0.05) is 30.3 Å². The molecule has 1 fully saturated rings. The van der Waals surface area contributed by atoms with E-state index in [1.165, 1.54) is 11.8 Å². The Morgan fingerprint density at radius 2 is 1.73 bits per heavy atom. The Morgan fingerprint density at radius 1 is 1.00 bits per heavy atom. The molecule has 0 unspecified atom stereocenters. The number of amides is 1. The van der Waals surface area contributed by atoms with Gasteiger partial charge in [-0.25, -0.2) is 0 Å². The fraction of sp³-hybridized carbons (Fsp3) is 0.333. The lowest BCUT2D eigenvalue weighted by atomic mass is 9.82. The zero-order valence-electron chi connectivity index (χ0n) is 12.4. The van der Waals surface area contributed by atoms with E-state index in [2.05, 4.69) is 34.6 Å². The highest BCUT2D eigenvalue weighted by Gasteiger charge is 2.24. The molecule has 1 amide bonds. The van der Waals surface area contributed by atoms with Crippen molar-refractivity contribution in [3.63, 3.8) is 0 Å². The summed E-state index contributed by atoms with van der Waals surface area (Å²) in [6.07, 6.45) is 5.58. The lowest BCUT2D eigenvalue weighted by Gasteiger charge is -2.29. The third kappa shape index (κ3) is 3.27. The maximum atomic E-state index is 12.2. The number of rotatable bonds is 3. The third-order valence-corrected chi connectivity index (χ3v) is 4.40. The molecule has 0 bridgehead atoms. The van der Waals surface area contributed by atoms with E-state index in [-0.39, 0.29) is 23.1 Å². The van der Waals surface area contributed by atoms with E-state index >= 15 is 0 Å². The van der Waals surface area contributed by atoms with Gasteiger partial charge in [-0.15, -0.1) is 0 Å². The molecule has 0 spiro atoms. The van der Waals surface area contributed by atoms with Crippen molar-refractivity contribution < 1.29 is 4.79 Å². The van der Waals surface area contributed by atoms with Crippen molar-refractivity contribution in [1.82, 2.24) is 10.3 Å². The van der Waals surface area contributed by atoms with Crippen LogP contribution in [-0.2, 0) is 0 Å². The fourth-order valence-corrected chi connectivity index (χ4v) is 3.16. The maximum Gasteiger partial charge on any atom is 0.260 e. The van der Waals surface area contributed by atoms with Crippen LogP contribution in [0.1, 0.15) is 47.5 Å². The maximum absolute atomic E-state index is 12.2. The van der Waals surface area contributed by atoms with Crippen LogP contribution in [0.15, 0.2) is 53.5 Å². The molecule has 1 aliphatic carbocycles. The second-order valence-corrected chi connectivity index (χ2v) is 5.85. The molecular weight excluding hydrogens is 276 g/mol. The van der Waals surface area contributed by atoms with Crippen LogP contribution in [0.2, 0.25) is 0 Å². The SMILES string of the molecule is O=C(NC1CCC(c2ccccc2)CC1)c1ccc[nH]c1=O. The number of aromatic nitrogens is 1. The van der Waals surface area contributed by atoms with Gasteiger partial charge in [0, 0.05) is 12.2 Å². The molecule has 114 valence electrons. The number of pyridine rings is 1. The van der Waals surface area contributed by atoms with Crippen LogP contribution in [0.3, 0.4) is 0 Å². The Balaban J connectivity index is 1.57. The normalized spacial score (nSPS) is 21.3. The zero-order valence-corrected chi connectivity index (χ0v) is 12.4. The number of H-pyrrole nitrogens is 1. The summed E-state index contributed by atoms with van der Waals surface area (Å²) >= 11 is 0. The van der Waals surface area contributed by atoms with E-state index < -0.39 is 0 Å². The van der Waals surface area contributed by atoms with Gasteiger partial charge in [0.25, 0.3) is 11.5 Å². The zero-order chi connectivity index (χ0) is 15.4. The van der Waals surface area contributed by atoms with Gasteiger partial charge in [-0.3, -0.25) is 9.59 Å². The van der Waals surface area contributed by atoms with Crippen molar-refractivity contribution in [2.45, 2.75) is 37.6 Å². The van der Waals surface area contributed by atoms with Crippen molar-refractivity contribution in [2.75, 3.05) is 0 Å². The van der Waals surface area contributed by atoms with Gasteiger partial charge >= 0.3 is 0 Å². The minimum atomic E-state index is -0.335. The van der Waals surface area contributed by atoms with Crippen LogP contribution in [0.25, 0.3) is 0 Å². The van der Waals surface area contributed by atoms with E-state index in [9.17, 15) is 9.59 Å². The van der Waals surface area contributed by atoms with Gasteiger partial charge in [0.2, 0.25) is 0 Å². The summed E-state index contributed by atoms with van der Waals surface area (Å²) in [5.74, 6) is 0.305. The molecule has 22 heavy (non-hydrogen) atoms. The standard InChI is InChI=1S/C18H20N2O2/c21-17-16(7-4-12-19-17)18(22)20-15-10-8-14(9-11-15)13-5-2-1-3-6-13/h1-7,12,14-15H,8-11H2,(H,19,21)(H,20,22). The summed E-state index contributed by atoms with van der Waals surface area (Å²) in [5.41, 5.74) is 1.23. The number of carbonyl (C=O) groups is 1. The lowest BCUT2D eigenvalue weighted by Crippen LogP contribution is -2.39. The summed E-state index contributed by atoms with van der Waals surface area (Å²) in [4.78, 5) is 26.3. The number of nitrogens with one attached hydrogen (secondary N) is 2. The highest BCUT2D eigenvalue weighted by molar-refractivity contribution is 5.93. The van der Waals surface area contributed by atoms with E-state index in [0.717, 1.165) is 25.7 Å². The third-order valence-electron chi connectivity index (χ3n) is 4.40. The van der Waals surface area contributed by atoms with Crippen molar-refractivity contribution in [3.8, 4) is 0 Å². The number of carbonyl (C=O) groups excluding carboxylic acids is 1. The van der Waals surface area contributed by atoms with E-state index in [1.807, 2.05) is 6.07 Å². The average Bonchev–Trinajstić information content (AvgIpc) is 2.57. The molecule has 3 rings (SSSR count). The van der Waals surface area contributed by atoms with Crippen LogP contribution in [0.4, 0.5) is 0 Å². The highest BCUT2D eigenvalue weighted by Crippen LogP contribution is 2.32. The smallest absolute Gasteiger partial charge is 0.260 e. The van der Waals surface area contributed by atoms with Crippen LogP contribution in [0.5, 0.6) is 0 Å². The Hall–Kier alpha value is -2.36. The first-order valence-corrected chi connectivity index (χ1v) is 7.77. The monoisotopic (exact) mass is 296 g/mol. The molecule has 1 aromatic heterocycles. The Kier molecular flexibility index (Phi) is 4.37. The molecular formula is C18H20N2O2. The molecule has 1 saturated carbocycles. The molecule has 4 nitrogen and oxygen atoms in total. The topological polar surface area (TPSA) is 62.0 Å². The molecule has 0 radical (unpaired) electrons. The van der Waals surface area contributed by atoms with Crippen molar-refractivity contribution >= 4 is 5.91 Å². The first-order chi connectivity index (χ1) is 10.7. The number of hydrogen-bond donors (Lipinski definition) is 2. The second-order valence-electron chi connectivity index (χ2n) is 5.85. The van der Waals surface area contributed by atoms with Gasteiger partial charge in [0.1, 0.15) is 5.56 Å². The fourth-order valence-electron chi connectivity index (χ4n) is 3.16. The van der Waals surface area contributed by atoms with Crippen LogP contribution >= 0.6 is 0 Å². The highest BCUT2D eigenvalue weighted by atomic mass is 16.2. The second kappa shape index (κ2) is 6.60. The summed E-state index contributed by atoms with van der Waals surface area (Å²) in [7, 11) is 0.